The van der Waals surface area contributed by atoms with E-state index in [0.29, 0.717) is 37.6 Å². The minimum Gasteiger partial charge on any atom is -0.378 e. The van der Waals surface area contributed by atoms with Gasteiger partial charge in [-0.1, -0.05) is 6.07 Å². The lowest BCUT2D eigenvalue weighted by Gasteiger charge is -2.29. The Labute approximate surface area is 169 Å². The third-order valence-corrected chi connectivity index (χ3v) is 4.40. The number of hydrazone groups is 1. The molecule has 8 nitrogen and oxygen atoms in total. The van der Waals surface area contributed by atoms with Crippen molar-refractivity contribution in [3.05, 3.63) is 69.3 Å². The van der Waals surface area contributed by atoms with Crippen molar-refractivity contribution in [2.45, 2.75) is 6.18 Å². The summed E-state index contributed by atoms with van der Waals surface area (Å²) in [5.41, 5.74) is 1.89. The Balaban J connectivity index is 1.80. The number of nitro benzene ring substituents is 1. The second-order valence-electron chi connectivity index (χ2n) is 6.38. The van der Waals surface area contributed by atoms with Gasteiger partial charge in [0.2, 0.25) is 0 Å². The number of anilines is 1. The third kappa shape index (κ3) is 5.11. The highest BCUT2D eigenvalue weighted by Crippen LogP contribution is 2.29. The third-order valence-electron chi connectivity index (χ3n) is 4.40. The van der Waals surface area contributed by atoms with Gasteiger partial charge in [0.25, 0.3) is 11.6 Å². The van der Waals surface area contributed by atoms with E-state index in [9.17, 15) is 28.1 Å². The van der Waals surface area contributed by atoms with Crippen molar-refractivity contribution in [1.82, 2.24) is 5.43 Å². The Morgan fingerprint density at radius 3 is 2.60 bits per heavy atom. The molecule has 158 valence electrons. The van der Waals surface area contributed by atoms with Gasteiger partial charge in [0.05, 0.1) is 29.9 Å². The topological polar surface area (TPSA) is 97.1 Å². The molecule has 11 heteroatoms. The summed E-state index contributed by atoms with van der Waals surface area (Å²) in [4.78, 5) is 24.6. The highest BCUT2D eigenvalue weighted by Gasteiger charge is 2.30. The zero-order valence-electron chi connectivity index (χ0n) is 15.6. The minimum absolute atomic E-state index is 0.155. The standard InChI is InChI=1S/C19H17F3N4O4/c20-19(21,22)15-3-1-2-13(10-15)18(27)24-23-12-14-11-16(26(28)29)4-5-17(14)25-6-8-30-9-7-25/h1-5,10-12H,6-9H2,(H,24,27)/b23-12+. The van der Waals surface area contributed by atoms with Crippen LogP contribution in [0.4, 0.5) is 24.5 Å². The number of carbonyl (C=O) groups excluding carboxylic acids is 1. The van der Waals surface area contributed by atoms with Crippen molar-refractivity contribution in [3.8, 4) is 0 Å². The van der Waals surface area contributed by atoms with Crippen molar-refractivity contribution < 1.29 is 27.6 Å². The number of nitrogens with zero attached hydrogens (tertiary/aromatic N) is 3. The van der Waals surface area contributed by atoms with E-state index in [1.165, 1.54) is 24.4 Å². The molecule has 0 radical (unpaired) electrons. The Kier molecular flexibility index (Phi) is 6.31. The van der Waals surface area contributed by atoms with Crippen LogP contribution in [-0.2, 0) is 10.9 Å². The monoisotopic (exact) mass is 422 g/mol. The van der Waals surface area contributed by atoms with Crippen LogP contribution in [0.3, 0.4) is 0 Å². The fourth-order valence-electron chi connectivity index (χ4n) is 2.91. The second kappa shape index (κ2) is 8.91. The number of non-ortho nitro benzene ring substituents is 1. The summed E-state index contributed by atoms with van der Waals surface area (Å²) in [6.45, 7) is 2.16. The smallest absolute Gasteiger partial charge is 0.378 e. The molecule has 30 heavy (non-hydrogen) atoms. The summed E-state index contributed by atoms with van der Waals surface area (Å²) in [5, 5.41) is 14.9. The number of hydrogen-bond acceptors (Lipinski definition) is 6. The lowest BCUT2D eigenvalue weighted by Crippen LogP contribution is -2.36. The summed E-state index contributed by atoms with van der Waals surface area (Å²) >= 11 is 0. The molecular formula is C19H17F3N4O4. The number of amides is 1. The van der Waals surface area contributed by atoms with Crippen molar-refractivity contribution in [1.29, 1.82) is 0 Å². The summed E-state index contributed by atoms with van der Waals surface area (Å²) < 4.78 is 43.7. The van der Waals surface area contributed by atoms with Gasteiger partial charge in [-0.2, -0.15) is 18.3 Å². The van der Waals surface area contributed by atoms with E-state index in [1.807, 2.05) is 4.90 Å². The summed E-state index contributed by atoms with van der Waals surface area (Å²) in [6, 6.07) is 8.19. The van der Waals surface area contributed by atoms with Crippen LogP contribution in [0.15, 0.2) is 47.6 Å². The first kappa shape index (κ1) is 21.2. The first-order chi connectivity index (χ1) is 14.3. The SMILES string of the molecule is O=C(N/N=C/c1cc([N+](=O)[O-])ccc1N1CCOCC1)c1cccc(C(F)(F)F)c1. The van der Waals surface area contributed by atoms with Crippen molar-refractivity contribution >= 4 is 23.5 Å². The van der Waals surface area contributed by atoms with Crippen molar-refractivity contribution in [2.75, 3.05) is 31.2 Å². The van der Waals surface area contributed by atoms with Crippen LogP contribution in [0.2, 0.25) is 0 Å². The van der Waals surface area contributed by atoms with Crippen LogP contribution in [0.25, 0.3) is 0 Å². The van der Waals surface area contributed by atoms with Gasteiger partial charge in [0, 0.05) is 42.0 Å². The molecule has 0 spiro atoms. The Morgan fingerprint density at radius 2 is 1.93 bits per heavy atom. The quantitative estimate of drug-likeness (QED) is 0.453. The molecule has 0 bridgehead atoms. The first-order valence-corrected chi connectivity index (χ1v) is 8.87. The molecule has 0 unspecified atom stereocenters. The maximum absolute atomic E-state index is 12.8. The summed E-state index contributed by atoms with van der Waals surface area (Å²) in [7, 11) is 0. The van der Waals surface area contributed by atoms with E-state index in [2.05, 4.69) is 10.5 Å². The molecule has 1 aliphatic heterocycles. The van der Waals surface area contributed by atoms with Crippen LogP contribution in [-0.4, -0.2) is 43.3 Å². The van der Waals surface area contributed by atoms with Crippen LogP contribution in [0.1, 0.15) is 21.5 Å². The molecule has 0 aliphatic carbocycles. The largest absolute Gasteiger partial charge is 0.416 e. The zero-order valence-corrected chi connectivity index (χ0v) is 15.6. The molecule has 1 amide bonds. The molecule has 3 rings (SSSR count). The fourth-order valence-corrected chi connectivity index (χ4v) is 2.91. The van der Waals surface area contributed by atoms with E-state index in [0.717, 1.165) is 18.2 Å². The van der Waals surface area contributed by atoms with Gasteiger partial charge in [-0.15, -0.1) is 0 Å². The number of benzene rings is 2. The molecule has 0 aromatic heterocycles. The minimum atomic E-state index is -4.57. The van der Waals surface area contributed by atoms with E-state index in [-0.39, 0.29) is 11.3 Å². The number of nitro groups is 1. The average molecular weight is 422 g/mol. The zero-order chi connectivity index (χ0) is 21.7. The van der Waals surface area contributed by atoms with Gasteiger partial charge in [0.1, 0.15) is 0 Å². The van der Waals surface area contributed by atoms with Gasteiger partial charge in [0.15, 0.2) is 0 Å². The molecule has 1 aliphatic rings. The van der Waals surface area contributed by atoms with Gasteiger partial charge >= 0.3 is 6.18 Å². The molecule has 2 aromatic carbocycles. The lowest BCUT2D eigenvalue weighted by atomic mass is 10.1. The molecular weight excluding hydrogens is 405 g/mol. The lowest BCUT2D eigenvalue weighted by molar-refractivity contribution is -0.384. The Morgan fingerprint density at radius 1 is 1.20 bits per heavy atom. The summed E-state index contributed by atoms with van der Waals surface area (Å²) in [5.74, 6) is -0.837. The molecule has 1 saturated heterocycles. The maximum Gasteiger partial charge on any atom is 0.416 e. The van der Waals surface area contributed by atoms with Gasteiger partial charge in [-0.3, -0.25) is 14.9 Å². The highest BCUT2D eigenvalue weighted by molar-refractivity contribution is 5.96. The maximum atomic E-state index is 12.8. The Hall–Kier alpha value is -3.47. The average Bonchev–Trinajstić information content (AvgIpc) is 2.73. The number of nitrogens with one attached hydrogen (secondary N) is 1. The van der Waals surface area contributed by atoms with Crippen LogP contribution < -0.4 is 10.3 Å². The molecule has 1 N–H and O–H groups in total. The van der Waals surface area contributed by atoms with Crippen molar-refractivity contribution in [2.24, 2.45) is 5.10 Å². The van der Waals surface area contributed by atoms with Crippen LogP contribution in [0.5, 0.6) is 0 Å². The van der Waals surface area contributed by atoms with Crippen LogP contribution >= 0.6 is 0 Å². The number of hydrogen-bond donors (Lipinski definition) is 1. The van der Waals surface area contributed by atoms with Gasteiger partial charge in [-0.25, -0.2) is 5.43 Å². The predicted molar refractivity (Wildman–Crippen MR) is 103 cm³/mol. The van der Waals surface area contributed by atoms with E-state index in [1.54, 1.807) is 6.07 Å². The van der Waals surface area contributed by atoms with Crippen molar-refractivity contribution in [3.63, 3.8) is 0 Å². The molecule has 0 saturated carbocycles. The van der Waals surface area contributed by atoms with Gasteiger partial charge < -0.3 is 9.64 Å². The fraction of sp³-hybridized carbons (Fsp3) is 0.263. The highest BCUT2D eigenvalue weighted by atomic mass is 19.4. The number of alkyl halides is 3. The number of morpholine rings is 1. The Bertz CT molecular complexity index is 972. The molecule has 1 heterocycles. The van der Waals surface area contributed by atoms with E-state index in [4.69, 9.17) is 4.74 Å². The molecule has 2 aromatic rings. The first-order valence-electron chi connectivity index (χ1n) is 8.87. The predicted octanol–water partition coefficient (Wildman–Crippen LogP) is 3.21. The number of carbonyl (C=O) groups is 1. The number of halogens is 3. The van der Waals surface area contributed by atoms with E-state index >= 15 is 0 Å². The number of rotatable bonds is 5. The summed E-state index contributed by atoms with van der Waals surface area (Å²) in [6.07, 6.45) is -3.35. The van der Waals surface area contributed by atoms with Crippen LogP contribution in [0, 0.1) is 10.1 Å². The molecule has 0 atom stereocenters. The molecule has 1 fully saturated rings. The normalized spacial score (nSPS) is 14.7. The number of ether oxygens (including phenoxy) is 1. The second-order valence-corrected chi connectivity index (χ2v) is 6.38. The van der Waals surface area contributed by atoms with Gasteiger partial charge in [-0.05, 0) is 24.3 Å². The van der Waals surface area contributed by atoms with E-state index < -0.39 is 22.6 Å².